The van der Waals surface area contributed by atoms with Gasteiger partial charge in [-0.05, 0) is 56.1 Å². The van der Waals surface area contributed by atoms with Crippen LogP contribution in [0.5, 0.6) is 5.75 Å². The summed E-state index contributed by atoms with van der Waals surface area (Å²) >= 11 is 0. The Morgan fingerprint density at radius 3 is 2.59 bits per heavy atom. The van der Waals surface area contributed by atoms with Crippen molar-refractivity contribution in [2.24, 2.45) is 5.89 Å². The van der Waals surface area contributed by atoms with E-state index < -0.39 is 18.6 Å². The maximum absolute atomic E-state index is 11.2. The third kappa shape index (κ3) is 3.09. The molecule has 0 N–H and O–H groups in total. The van der Waals surface area contributed by atoms with Crippen LogP contribution in [0.15, 0.2) is 24.3 Å². The van der Waals surface area contributed by atoms with Crippen molar-refractivity contribution < 1.29 is 16.4 Å². The third-order valence-electron chi connectivity index (χ3n) is 2.86. The fourth-order valence-electron chi connectivity index (χ4n) is 1.92. The van der Waals surface area contributed by atoms with Gasteiger partial charge >= 0.3 is 0 Å². The predicted molar refractivity (Wildman–Crippen MR) is 68.4 cm³/mol. The van der Waals surface area contributed by atoms with Crippen molar-refractivity contribution in [3.05, 3.63) is 29.8 Å². The second-order valence-corrected chi connectivity index (χ2v) is 3.99. The van der Waals surface area contributed by atoms with Crippen LogP contribution in [0.4, 0.5) is 0 Å². The molecule has 2 nitrogen and oxygen atoms in total. The highest BCUT2D eigenvalue weighted by Gasteiger charge is 2.21. The zero-order valence-corrected chi connectivity index (χ0v) is 9.90. The number of hydrogen-bond acceptors (Lipinski definition) is 2. The lowest BCUT2D eigenvalue weighted by Gasteiger charge is -2.25. The summed E-state index contributed by atoms with van der Waals surface area (Å²) in [7, 11) is 0. The molecule has 2 heteroatoms. The lowest BCUT2D eigenvalue weighted by atomic mass is 9.79. The summed E-state index contributed by atoms with van der Waals surface area (Å²) in [5.41, 5.74) is 0.796. The molecule has 1 fully saturated rings. The van der Waals surface area contributed by atoms with Crippen molar-refractivity contribution in [1.29, 1.82) is 0 Å². The third-order valence-corrected chi connectivity index (χ3v) is 2.86. The van der Waals surface area contributed by atoms with E-state index >= 15 is 0 Å². The normalized spacial score (nSPS) is 38.9. The minimum Gasteiger partial charge on any atom is -0.494 e. The summed E-state index contributed by atoms with van der Waals surface area (Å²) in [6.45, 7) is 2.43. The molecule has 0 heterocycles. The van der Waals surface area contributed by atoms with Crippen molar-refractivity contribution >= 4 is 6.29 Å². The topological polar surface area (TPSA) is 26.3 Å². The van der Waals surface area contributed by atoms with Crippen LogP contribution < -0.4 is 4.74 Å². The Balaban J connectivity index is 2.30. The van der Waals surface area contributed by atoms with Crippen LogP contribution >= 0.6 is 0 Å². The molecule has 2 rings (SSSR count). The molecular formula is C15H20O2. The fourth-order valence-corrected chi connectivity index (χ4v) is 1.92. The van der Waals surface area contributed by atoms with Crippen LogP contribution in [0.1, 0.15) is 50.8 Å². The van der Waals surface area contributed by atoms with E-state index in [1.54, 1.807) is 24.3 Å². The van der Waals surface area contributed by atoms with E-state index in [0.717, 1.165) is 5.56 Å². The molecule has 1 aromatic rings. The molecular weight excluding hydrogens is 212 g/mol. The molecule has 0 atom stereocenters. The number of rotatable bonds is 4. The highest BCUT2D eigenvalue weighted by molar-refractivity contribution is 5.53. The van der Waals surface area contributed by atoms with Crippen molar-refractivity contribution in [1.82, 2.24) is 0 Å². The lowest BCUT2D eigenvalue weighted by Crippen LogP contribution is -2.14. The summed E-state index contributed by atoms with van der Waals surface area (Å²) in [6.07, 6.45) is -4.44. The number of carbonyl (C=O) groups excluding carboxylic acids is 1. The monoisotopic (exact) mass is 237 g/mol. The first kappa shape index (κ1) is 7.20. The quantitative estimate of drug-likeness (QED) is 0.748. The number of aldehydes is 1. The van der Waals surface area contributed by atoms with Crippen LogP contribution in [0, 0.1) is 5.89 Å². The van der Waals surface area contributed by atoms with Crippen LogP contribution in [-0.2, 0) is 4.79 Å². The Morgan fingerprint density at radius 1 is 1.41 bits per heavy atom. The zero-order valence-electron chi connectivity index (χ0n) is 14.9. The molecule has 0 amide bonds. The first-order valence-electron chi connectivity index (χ1n) is 8.36. The van der Waals surface area contributed by atoms with Gasteiger partial charge in [-0.3, -0.25) is 0 Å². The molecule has 0 bridgehead atoms. The van der Waals surface area contributed by atoms with Gasteiger partial charge in [-0.25, -0.2) is 0 Å². The number of ether oxygens (including phenoxy) is 1. The summed E-state index contributed by atoms with van der Waals surface area (Å²) < 4.78 is 45.4. The first-order chi connectivity index (χ1) is 10.2. The van der Waals surface area contributed by atoms with E-state index in [1.165, 1.54) is 0 Å². The SMILES string of the molecule is [2H]C1([2H])CC(c2ccc(OCC)cc2)CC([2H])([2H])C1([2H])C=O. The van der Waals surface area contributed by atoms with E-state index in [2.05, 4.69) is 0 Å². The molecule has 0 aromatic heterocycles. The Hall–Kier alpha value is -1.31. The Kier molecular flexibility index (Phi) is 2.48. The Morgan fingerprint density at radius 2 is 2.06 bits per heavy atom. The Bertz CT molecular complexity index is 523. The van der Waals surface area contributed by atoms with Gasteiger partial charge in [0.05, 0.1) is 6.61 Å². The average molecular weight is 237 g/mol. The molecule has 92 valence electrons. The maximum Gasteiger partial charge on any atom is 0.123 e. The standard InChI is InChI=1S/C15H20O2/c1-2-17-15-9-7-14(8-10-15)13-5-3-12(11-16)4-6-13/h7-13H,2-6H2,1H3/i3D2,4D2,12D. The van der Waals surface area contributed by atoms with Crippen molar-refractivity contribution in [2.45, 2.75) is 38.4 Å². The maximum atomic E-state index is 11.2. The van der Waals surface area contributed by atoms with Gasteiger partial charge in [-0.15, -0.1) is 0 Å². The highest BCUT2D eigenvalue weighted by atomic mass is 16.5. The molecule has 0 unspecified atom stereocenters. The van der Waals surface area contributed by atoms with Crippen LogP contribution in [-0.4, -0.2) is 12.9 Å². The highest BCUT2D eigenvalue weighted by Crippen LogP contribution is 2.35. The fraction of sp³-hybridized carbons (Fsp3) is 0.533. The Labute approximate surface area is 110 Å². The number of hydrogen-bond donors (Lipinski definition) is 0. The molecule has 0 saturated heterocycles. The van der Waals surface area contributed by atoms with E-state index in [-0.39, 0.29) is 25.0 Å². The minimum absolute atomic E-state index is 0.0528. The second-order valence-electron chi connectivity index (χ2n) is 3.99. The van der Waals surface area contributed by atoms with Crippen LogP contribution in [0.2, 0.25) is 0 Å². The molecule has 1 saturated carbocycles. The van der Waals surface area contributed by atoms with Gasteiger partial charge in [0, 0.05) is 12.7 Å². The van der Waals surface area contributed by atoms with E-state index in [0.29, 0.717) is 12.4 Å². The van der Waals surface area contributed by atoms with E-state index in [4.69, 9.17) is 11.6 Å². The van der Waals surface area contributed by atoms with Gasteiger partial charge in [-0.1, -0.05) is 12.1 Å². The molecule has 0 spiro atoms. The van der Waals surface area contributed by atoms with Crippen molar-refractivity contribution in [3.8, 4) is 5.75 Å². The molecule has 17 heavy (non-hydrogen) atoms. The summed E-state index contributed by atoms with van der Waals surface area (Å²) in [4.78, 5) is 11.2. The van der Waals surface area contributed by atoms with Crippen molar-refractivity contribution in [3.63, 3.8) is 0 Å². The van der Waals surface area contributed by atoms with Gasteiger partial charge in [0.15, 0.2) is 0 Å². The van der Waals surface area contributed by atoms with Gasteiger partial charge in [0.2, 0.25) is 0 Å². The van der Waals surface area contributed by atoms with Gasteiger partial charge < -0.3 is 9.53 Å². The van der Waals surface area contributed by atoms with Gasteiger partial charge in [0.25, 0.3) is 0 Å². The minimum atomic E-state index is -2.37. The number of benzene rings is 1. The lowest BCUT2D eigenvalue weighted by molar-refractivity contribution is -0.111. The van der Waals surface area contributed by atoms with Crippen molar-refractivity contribution in [2.75, 3.05) is 6.61 Å². The van der Waals surface area contributed by atoms with Crippen LogP contribution in [0.3, 0.4) is 0 Å². The summed E-state index contributed by atoms with van der Waals surface area (Å²) in [5.74, 6) is -2.04. The summed E-state index contributed by atoms with van der Waals surface area (Å²) in [5, 5.41) is 0. The van der Waals surface area contributed by atoms with Gasteiger partial charge in [-0.2, -0.15) is 0 Å². The molecule has 0 aliphatic heterocycles. The van der Waals surface area contributed by atoms with E-state index in [1.807, 2.05) is 6.92 Å². The average Bonchev–Trinajstić information content (AvgIpc) is 2.44. The zero-order chi connectivity index (χ0) is 16.6. The smallest absolute Gasteiger partial charge is 0.123 e. The molecule has 1 aromatic carbocycles. The predicted octanol–water partition coefficient (Wildman–Crippen LogP) is 3.56. The number of carbonyl (C=O) groups is 1. The molecule has 1 aliphatic rings. The first-order valence-corrected chi connectivity index (χ1v) is 5.86. The van der Waals surface area contributed by atoms with Crippen LogP contribution in [0.25, 0.3) is 0 Å². The van der Waals surface area contributed by atoms with Gasteiger partial charge in [0.1, 0.15) is 12.0 Å². The molecule has 0 radical (unpaired) electrons. The van der Waals surface area contributed by atoms with E-state index in [9.17, 15) is 4.79 Å². The summed E-state index contributed by atoms with van der Waals surface area (Å²) in [6, 6.07) is 7.12. The second kappa shape index (κ2) is 5.85. The largest absolute Gasteiger partial charge is 0.494 e. The molecule has 1 aliphatic carbocycles.